The van der Waals surface area contributed by atoms with E-state index >= 15 is 0 Å². The van der Waals surface area contributed by atoms with Crippen molar-refractivity contribution in [2.24, 2.45) is 0 Å². The van der Waals surface area contributed by atoms with Crippen molar-refractivity contribution in [2.45, 2.75) is 32.2 Å². The number of rotatable bonds is 5. The molecule has 1 fully saturated rings. The molecule has 1 aliphatic carbocycles. The Morgan fingerprint density at radius 1 is 1.37 bits per heavy atom. The first kappa shape index (κ1) is 13.8. The molecular formula is C14H19N3OS. The normalized spacial score (nSPS) is 13.7. The number of hydrogen-bond donors (Lipinski definition) is 3. The van der Waals surface area contributed by atoms with Crippen molar-refractivity contribution in [2.75, 3.05) is 11.9 Å². The minimum atomic E-state index is -0.00423. The lowest BCUT2D eigenvalue weighted by molar-refractivity contribution is -0.120. The first-order valence-electron chi connectivity index (χ1n) is 6.61. The average Bonchev–Trinajstić information content (AvgIpc) is 3.21. The Kier molecular flexibility index (Phi) is 4.74. The van der Waals surface area contributed by atoms with Crippen LogP contribution in [0.1, 0.15) is 25.3 Å². The lowest BCUT2D eigenvalue weighted by Gasteiger charge is -2.13. The van der Waals surface area contributed by atoms with E-state index < -0.39 is 0 Å². The molecule has 0 radical (unpaired) electrons. The van der Waals surface area contributed by atoms with Gasteiger partial charge in [0.2, 0.25) is 5.91 Å². The summed E-state index contributed by atoms with van der Waals surface area (Å²) in [7, 11) is 0. The monoisotopic (exact) mass is 277 g/mol. The maximum atomic E-state index is 11.5. The van der Waals surface area contributed by atoms with E-state index in [0.717, 1.165) is 24.9 Å². The van der Waals surface area contributed by atoms with Crippen LogP contribution in [0.4, 0.5) is 5.69 Å². The van der Waals surface area contributed by atoms with Gasteiger partial charge in [0.1, 0.15) is 0 Å². The smallest absolute Gasteiger partial charge is 0.239 e. The summed E-state index contributed by atoms with van der Waals surface area (Å²) in [6.07, 6.45) is 3.13. The maximum absolute atomic E-state index is 11.5. The molecule has 0 heterocycles. The summed E-state index contributed by atoms with van der Waals surface area (Å²) in [5.41, 5.74) is 2.19. The third kappa shape index (κ3) is 4.52. The van der Waals surface area contributed by atoms with E-state index in [0.29, 0.717) is 11.2 Å². The SMILES string of the molecule is CCc1ccccc1NC(=S)NCC(=O)NC1CC1. The summed E-state index contributed by atoms with van der Waals surface area (Å²) in [6.45, 7) is 2.32. The molecule has 0 atom stereocenters. The molecule has 1 saturated carbocycles. The molecule has 0 aliphatic heterocycles. The number of aryl methyl sites for hydroxylation is 1. The quantitative estimate of drug-likeness (QED) is 0.719. The lowest BCUT2D eigenvalue weighted by Crippen LogP contribution is -2.39. The first-order chi connectivity index (χ1) is 9.19. The average molecular weight is 277 g/mol. The molecule has 1 aromatic carbocycles. The van der Waals surface area contributed by atoms with Crippen LogP contribution in [0.3, 0.4) is 0 Å². The van der Waals surface area contributed by atoms with Crippen LogP contribution in [0.5, 0.6) is 0 Å². The number of carbonyl (C=O) groups is 1. The molecule has 3 N–H and O–H groups in total. The summed E-state index contributed by atoms with van der Waals surface area (Å²) in [5.74, 6) is -0.00423. The van der Waals surface area contributed by atoms with Gasteiger partial charge in [-0.1, -0.05) is 25.1 Å². The van der Waals surface area contributed by atoms with E-state index in [1.807, 2.05) is 18.2 Å². The first-order valence-corrected chi connectivity index (χ1v) is 7.02. The van der Waals surface area contributed by atoms with E-state index in [4.69, 9.17) is 12.2 Å². The van der Waals surface area contributed by atoms with Crippen molar-refractivity contribution in [1.82, 2.24) is 10.6 Å². The molecule has 1 aliphatic rings. The van der Waals surface area contributed by atoms with Gasteiger partial charge in [-0.05, 0) is 43.1 Å². The van der Waals surface area contributed by atoms with Gasteiger partial charge in [0.25, 0.3) is 0 Å². The zero-order valence-electron chi connectivity index (χ0n) is 11.0. The van der Waals surface area contributed by atoms with Gasteiger partial charge in [-0.25, -0.2) is 0 Å². The molecule has 0 aromatic heterocycles. The zero-order valence-corrected chi connectivity index (χ0v) is 11.8. The second-order valence-electron chi connectivity index (χ2n) is 4.66. The maximum Gasteiger partial charge on any atom is 0.239 e. The van der Waals surface area contributed by atoms with Gasteiger partial charge in [0.15, 0.2) is 5.11 Å². The number of thiocarbonyl (C=S) groups is 1. The van der Waals surface area contributed by atoms with E-state index in [-0.39, 0.29) is 12.5 Å². The largest absolute Gasteiger partial charge is 0.353 e. The fourth-order valence-electron chi connectivity index (χ4n) is 1.78. The van der Waals surface area contributed by atoms with Gasteiger partial charge in [0.05, 0.1) is 6.54 Å². The van der Waals surface area contributed by atoms with Crippen LogP contribution in [0.2, 0.25) is 0 Å². The van der Waals surface area contributed by atoms with Crippen molar-refractivity contribution in [1.29, 1.82) is 0 Å². The van der Waals surface area contributed by atoms with Crippen LogP contribution < -0.4 is 16.0 Å². The summed E-state index contributed by atoms with van der Waals surface area (Å²) >= 11 is 5.19. The summed E-state index contributed by atoms with van der Waals surface area (Å²) in [5, 5.41) is 9.44. The molecule has 5 heteroatoms. The Morgan fingerprint density at radius 2 is 2.11 bits per heavy atom. The van der Waals surface area contributed by atoms with Gasteiger partial charge in [-0.3, -0.25) is 4.79 Å². The van der Waals surface area contributed by atoms with Crippen molar-refractivity contribution >= 4 is 28.9 Å². The van der Waals surface area contributed by atoms with Gasteiger partial charge in [-0.15, -0.1) is 0 Å². The van der Waals surface area contributed by atoms with Gasteiger partial charge < -0.3 is 16.0 Å². The van der Waals surface area contributed by atoms with E-state index in [1.165, 1.54) is 5.56 Å². The Bertz CT molecular complexity index is 472. The highest BCUT2D eigenvalue weighted by Gasteiger charge is 2.22. The Labute approximate surface area is 119 Å². The summed E-state index contributed by atoms with van der Waals surface area (Å²) < 4.78 is 0. The second-order valence-corrected chi connectivity index (χ2v) is 5.07. The molecule has 0 bridgehead atoms. The minimum Gasteiger partial charge on any atom is -0.353 e. The topological polar surface area (TPSA) is 53.2 Å². The van der Waals surface area contributed by atoms with E-state index in [1.54, 1.807) is 0 Å². The molecule has 4 nitrogen and oxygen atoms in total. The van der Waals surface area contributed by atoms with Crippen LogP contribution in [0, 0.1) is 0 Å². The Morgan fingerprint density at radius 3 is 2.79 bits per heavy atom. The van der Waals surface area contributed by atoms with Gasteiger partial charge in [-0.2, -0.15) is 0 Å². The van der Waals surface area contributed by atoms with Crippen molar-refractivity contribution in [3.05, 3.63) is 29.8 Å². The molecule has 0 spiro atoms. The van der Waals surface area contributed by atoms with E-state index in [2.05, 4.69) is 28.9 Å². The third-order valence-electron chi connectivity index (χ3n) is 3.00. The number of carbonyl (C=O) groups excluding carboxylic acids is 1. The third-order valence-corrected chi connectivity index (χ3v) is 3.24. The van der Waals surface area contributed by atoms with E-state index in [9.17, 15) is 4.79 Å². The molecule has 2 rings (SSSR count). The summed E-state index contributed by atoms with van der Waals surface area (Å²) in [6, 6.07) is 8.40. The van der Waals surface area contributed by atoms with Crippen LogP contribution in [-0.4, -0.2) is 23.6 Å². The minimum absolute atomic E-state index is 0.00423. The number of nitrogens with one attached hydrogen (secondary N) is 3. The molecule has 1 amide bonds. The van der Waals surface area contributed by atoms with Crippen molar-refractivity contribution < 1.29 is 4.79 Å². The number of hydrogen-bond acceptors (Lipinski definition) is 2. The highest BCUT2D eigenvalue weighted by Crippen LogP contribution is 2.18. The number of anilines is 1. The van der Waals surface area contributed by atoms with Crippen LogP contribution in [-0.2, 0) is 11.2 Å². The van der Waals surface area contributed by atoms with Crippen molar-refractivity contribution in [3.8, 4) is 0 Å². The van der Waals surface area contributed by atoms with Gasteiger partial charge >= 0.3 is 0 Å². The molecular weight excluding hydrogens is 258 g/mol. The predicted molar refractivity (Wildman–Crippen MR) is 81.2 cm³/mol. The van der Waals surface area contributed by atoms with Crippen LogP contribution in [0.25, 0.3) is 0 Å². The molecule has 1 aromatic rings. The highest BCUT2D eigenvalue weighted by molar-refractivity contribution is 7.80. The number of benzene rings is 1. The number of amides is 1. The van der Waals surface area contributed by atoms with Crippen LogP contribution >= 0.6 is 12.2 Å². The zero-order chi connectivity index (χ0) is 13.7. The second kappa shape index (κ2) is 6.52. The molecule has 102 valence electrons. The summed E-state index contributed by atoms with van der Waals surface area (Å²) in [4.78, 5) is 11.5. The fraction of sp³-hybridized carbons (Fsp3) is 0.429. The van der Waals surface area contributed by atoms with Crippen molar-refractivity contribution in [3.63, 3.8) is 0 Å². The number of para-hydroxylation sites is 1. The van der Waals surface area contributed by atoms with Gasteiger partial charge in [0, 0.05) is 11.7 Å². The molecule has 19 heavy (non-hydrogen) atoms. The standard InChI is InChI=1S/C14H19N3OS/c1-2-10-5-3-4-6-12(10)17-14(19)15-9-13(18)16-11-7-8-11/h3-6,11H,2,7-9H2,1H3,(H,16,18)(H2,15,17,19). The molecule has 0 unspecified atom stereocenters. The lowest BCUT2D eigenvalue weighted by atomic mass is 10.1. The fourth-order valence-corrected chi connectivity index (χ4v) is 1.97. The van der Waals surface area contributed by atoms with Crippen LogP contribution in [0.15, 0.2) is 24.3 Å². The Balaban J connectivity index is 1.78. The predicted octanol–water partition coefficient (Wildman–Crippen LogP) is 1.81. The highest BCUT2D eigenvalue weighted by atomic mass is 32.1. The molecule has 0 saturated heterocycles. The Hall–Kier alpha value is -1.62.